The van der Waals surface area contributed by atoms with Crippen molar-refractivity contribution in [3.63, 3.8) is 0 Å². The molecule has 3 heterocycles. The van der Waals surface area contributed by atoms with Crippen molar-refractivity contribution in [3.05, 3.63) is 77.1 Å². The molecule has 3 aliphatic rings. The van der Waals surface area contributed by atoms with Crippen molar-refractivity contribution < 1.29 is 0 Å². The Balaban J connectivity index is 1.42. The Hall–Kier alpha value is -1.93. The highest BCUT2D eigenvalue weighted by atomic mass is 32.2. The van der Waals surface area contributed by atoms with E-state index in [0.717, 1.165) is 17.7 Å². The molecule has 35 heavy (non-hydrogen) atoms. The second-order valence-electron chi connectivity index (χ2n) is 13.5. The van der Waals surface area contributed by atoms with Crippen LogP contribution in [0.3, 0.4) is 0 Å². The summed E-state index contributed by atoms with van der Waals surface area (Å²) in [6, 6.07) is 19.0. The van der Waals surface area contributed by atoms with Gasteiger partial charge in [-0.1, -0.05) is 90.8 Å². The Morgan fingerprint density at radius 3 is 2.34 bits per heavy atom. The molecule has 0 radical (unpaired) electrons. The van der Waals surface area contributed by atoms with Gasteiger partial charge in [-0.3, -0.25) is 0 Å². The van der Waals surface area contributed by atoms with Crippen molar-refractivity contribution in [3.8, 4) is 11.1 Å². The zero-order valence-electron chi connectivity index (χ0n) is 22.4. The van der Waals surface area contributed by atoms with E-state index in [1.54, 1.807) is 10.5 Å². The van der Waals surface area contributed by atoms with E-state index in [9.17, 15) is 0 Å². The van der Waals surface area contributed by atoms with Gasteiger partial charge in [-0.25, -0.2) is 0 Å². The lowest BCUT2D eigenvalue weighted by atomic mass is 9.65. The van der Waals surface area contributed by atoms with E-state index in [0.29, 0.717) is 17.3 Å². The number of aromatic nitrogens is 1. The smallest absolute Gasteiger partial charge is 0.0476 e. The summed E-state index contributed by atoms with van der Waals surface area (Å²) in [6.45, 7) is 15.5. The van der Waals surface area contributed by atoms with Gasteiger partial charge in [0.25, 0.3) is 0 Å². The summed E-state index contributed by atoms with van der Waals surface area (Å²) in [5, 5.41) is 0.790. The molecule has 0 bridgehead atoms. The summed E-state index contributed by atoms with van der Waals surface area (Å²) in [7, 11) is 0. The molecule has 2 aromatic carbocycles. The molecule has 3 aromatic rings. The molecule has 1 fully saturated rings. The van der Waals surface area contributed by atoms with Crippen LogP contribution >= 0.6 is 11.8 Å². The summed E-state index contributed by atoms with van der Waals surface area (Å²) in [5.74, 6) is 1.92. The Labute approximate surface area is 216 Å². The highest BCUT2D eigenvalue weighted by Gasteiger charge is 2.44. The number of fused-ring (bicyclic) bond motifs is 4. The van der Waals surface area contributed by atoms with Crippen LogP contribution in [0.1, 0.15) is 101 Å². The first kappa shape index (κ1) is 23.5. The fraction of sp³-hybridized carbons (Fsp3) is 0.515. The first-order valence-corrected chi connectivity index (χ1v) is 14.6. The van der Waals surface area contributed by atoms with Crippen LogP contribution in [0.2, 0.25) is 0 Å². The minimum atomic E-state index is 0.172. The summed E-state index contributed by atoms with van der Waals surface area (Å²) >= 11 is 2.19. The second-order valence-corrected chi connectivity index (χ2v) is 14.8. The van der Waals surface area contributed by atoms with Crippen LogP contribution in [0.15, 0.2) is 59.6 Å². The monoisotopic (exact) mass is 483 g/mol. The number of nitrogens with zero attached hydrogens (tertiary/aromatic N) is 1. The Kier molecular flexibility index (Phi) is 5.57. The molecule has 1 saturated carbocycles. The van der Waals surface area contributed by atoms with Crippen LogP contribution in [-0.2, 0) is 6.54 Å². The lowest BCUT2D eigenvalue weighted by molar-refractivity contribution is 0.190. The highest BCUT2D eigenvalue weighted by Crippen LogP contribution is 2.57. The molecule has 2 heteroatoms. The normalized spacial score (nSPS) is 25.9. The second kappa shape index (κ2) is 8.30. The fourth-order valence-corrected chi connectivity index (χ4v) is 9.11. The minimum Gasteiger partial charge on any atom is -0.346 e. The number of hydrogen-bond donors (Lipinski definition) is 0. The van der Waals surface area contributed by atoms with E-state index in [4.69, 9.17) is 0 Å². The van der Waals surface area contributed by atoms with E-state index in [1.807, 2.05) is 0 Å². The number of thioether (sulfide) groups is 1. The van der Waals surface area contributed by atoms with Gasteiger partial charge in [0, 0.05) is 34.5 Å². The van der Waals surface area contributed by atoms with Crippen molar-refractivity contribution >= 4 is 11.8 Å². The number of rotatable bonds is 1. The Bertz CT molecular complexity index is 1250. The van der Waals surface area contributed by atoms with Crippen LogP contribution in [0.4, 0.5) is 0 Å². The van der Waals surface area contributed by atoms with Crippen LogP contribution < -0.4 is 0 Å². The number of hydrogen-bond acceptors (Lipinski definition) is 1. The predicted molar refractivity (Wildman–Crippen MR) is 151 cm³/mol. The van der Waals surface area contributed by atoms with Gasteiger partial charge in [-0.05, 0) is 75.5 Å². The van der Waals surface area contributed by atoms with Gasteiger partial charge in [0.2, 0.25) is 0 Å². The third-order valence-electron chi connectivity index (χ3n) is 8.87. The van der Waals surface area contributed by atoms with Gasteiger partial charge >= 0.3 is 0 Å². The van der Waals surface area contributed by atoms with Crippen molar-refractivity contribution in [2.24, 2.45) is 16.7 Å². The maximum absolute atomic E-state index is 2.53. The molecule has 1 aliphatic carbocycles. The summed E-state index contributed by atoms with van der Waals surface area (Å²) < 4.78 is 2.52. The zero-order valence-corrected chi connectivity index (χ0v) is 23.2. The van der Waals surface area contributed by atoms with Crippen LogP contribution in [0.25, 0.3) is 11.1 Å². The largest absolute Gasteiger partial charge is 0.346 e. The predicted octanol–water partition coefficient (Wildman–Crippen LogP) is 9.49. The van der Waals surface area contributed by atoms with E-state index < -0.39 is 0 Å². The molecular formula is C33H41NS. The van der Waals surface area contributed by atoms with E-state index in [2.05, 4.69) is 113 Å². The summed E-state index contributed by atoms with van der Waals surface area (Å²) in [4.78, 5) is 1.55. The Morgan fingerprint density at radius 1 is 0.800 bits per heavy atom. The number of benzene rings is 2. The summed E-state index contributed by atoms with van der Waals surface area (Å²) in [5.41, 5.74) is 9.30. The molecule has 1 aromatic heterocycles. The van der Waals surface area contributed by atoms with Gasteiger partial charge in [-0.15, -0.1) is 11.8 Å². The molecule has 2 aliphatic heterocycles. The third kappa shape index (κ3) is 4.01. The van der Waals surface area contributed by atoms with Gasteiger partial charge in [0.15, 0.2) is 0 Å². The van der Waals surface area contributed by atoms with E-state index in [-0.39, 0.29) is 5.41 Å². The van der Waals surface area contributed by atoms with Crippen molar-refractivity contribution in [2.75, 3.05) is 0 Å². The Morgan fingerprint density at radius 2 is 1.57 bits per heavy atom. The fourth-order valence-electron chi connectivity index (χ4n) is 7.51. The average molecular weight is 484 g/mol. The molecule has 4 atom stereocenters. The van der Waals surface area contributed by atoms with Crippen LogP contribution in [0.5, 0.6) is 0 Å². The topological polar surface area (TPSA) is 4.93 Å². The van der Waals surface area contributed by atoms with Crippen molar-refractivity contribution in [1.29, 1.82) is 0 Å². The molecule has 0 N–H and O–H groups in total. The molecule has 0 amide bonds. The van der Waals surface area contributed by atoms with Gasteiger partial charge in [0.05, 0.1) is 0 Å². The first-order chi connectivity index (χ1) is 16.6. The van der Waals surface area contributed by atoms with Crippen molar-refractivity contribution in [2.45, 2.75) is 95.8 Å². The standard InChI is InChI=1S/C33H41NS/c1-32(2,3)30-25-13-9-10-14-28(25)35-29-18-21(15-16-26(29)30)23-17-27-31(33(4,5)6)24-12-8-7-11-22(24)19-34(27)20-23/h7-8,11-12,15-18,20,25,28,30-31H,9-10,13-14,19H2,1-6H3. The molecular weight excluding hydrogens is 442 g/mol. The van der Waals surface area contributed by atoms with Crippen molar-refractivity contribution in [1.82, 2.24) is 4.57 Å². The van der Waals surface area contributed by atoms with Gasteiger partial charge in [0.1, 0.15) is 0 Å². The van der Waals surface area contributed by atoms with Crippen LogP contribution in [0, 0.1) is 16.7 Å². The third-order valence-corrected chi connectivity index (χ3v) is 10.4. The lowest BCUT2D eigenvalue weighted by Crippen LogP contribution is -2.37. The van der Waals surface area contributed by atoms with Crippen LogP contribution in [-0.4, -0.2) is 9.82 Å². The molecule has 1 nitrogen and oxygen atoms in total. The highest BCUT2D eigenvalue weighted by molar-refractivity contribution is 8.00. The van der Waals surface area contributed by atoms with E-state index >= 15 is 0 Å². The first-order valence-electron chi connectivity index (χ1n) is 13.7. The zero-order chi connectivity index (χ0) is 24.5. The maximum atomic E-state index is 2.53. The van der Waals surface area contributed by atoms with E-state index in [1.165, 1.54) is 53.6 Å². The molecule has 0 spiro atoms. The van der Waals surface area contributed by atoms with Gasteiger partial charge < -0.3 is 4.57 Å². The van der Waals surface area contributed by atoms with Gasteiger partial charge in [-0.2, -0.15) is 0 Å². The average Bonchev–Trinajstić information content (AvgIpc) is 3.22. The molecule has 0 saturated heterocycles. The minimum absolute atomic E-state index is 0.172. The molecule has 4 unspecified atom stereocenters. The lowest BCUT2D eigenvalue weighted by Gasteiger charge is -2.47. The molecule has 6 rings (SSSR count). The molecule has 184 valence electrons. The SMILES string of the molecule is CC(C)(C)C1c2ccccc2Cn2cc(-c3ccc4c(c3)SC3CCCCC3C4C(C)(C)C)cc21. The maximum Gasteiger partial charge on any atom is 0.0476 e. The summed E-state index contributed by atoms with van der Waals surface area (Å²) in [6.07, 6.45) is 8.03. The quantitative estimate of drug-likeness (QED) is 0.333.